The summed E-state index contributed by atoms with van der Waals surface area (Å²) in [6, 6.07) is 12.6. The summed E-state index contributed by atoms with van der Waals surface area (Å²) in [6.45, 7) is 5.26. The lowest BCUT2D eigenvalue weighted by molar-refractivity contribution is -0.116. The van der Waals surface area contributed by atoms with Gasteiger partial charge in [0.25, 0.3) is 5.91 Å². The highest BCUT2D eigenvalue weighted by Crippen LogP contribution is 2.18. The molecule has 0 aliphatic carbocycles. The van der Waals surface area contributed by atoms with Crippen LogP contribution in [0.3, 0.4) is 0 Å². The molecule has 1 saturated heterocycles. The van der Waals surface area contributed by atoms with Crippen LogP contribution in [0.4, 0.5) is 5.69 Å². The number of nitrogen functional groups attached to an aromatic ring is 1. The van der Waals surface area contributed by atoms with Crippen LogP contribution in [-0.4, -0.2) is 42.2 Å². The second kappa shape index (κ2) is 9.27. The highest BCUT2D eigenvalue weighted by Gasteiger charge is 2.20. The quantitative estimate of drug-likeness (QED) is 0.468. The van der Waals surface area contributed by atoms with Gasteiger partial charge < -0.3 is 15.5 Å². The molecular formula is C24H26N4O2. The third kappa shape index (κ3) is 4.87. The summed E-state index contributed by atoms with van der Waals surface area (Å²) in [5, 5.41) is 7.57. The maximum absolute atomic E-state index is 12.6. The molecule has 2 amide bonds. The number of benzene rings is 2. The minimum absolute atomic E-state index is 0.0505. The van der Waals surface area contributed by atoms with Crippen LogP contribution in [-0.2, 0) is 4.79 Å². The normalized spacial score (nSPS) is 12.8. The van der Waals surface area contributed by atoms with Crippen molar-refractivity contribution in [3.05, 3.63) is 64.7 Å². The number of nitrogens with zero attached hydrogens (tertiary/aromatic N) is 2. The molecule has 0 spiro atoms. The summed E-state index contributed by atoms with van der Waals surface area (Å²) in [4.78, 5) is 28.1. The zero-order chi connectivity index (χ0) is 21.7. The van der Waals surface area contributed by atoms with Gasteiger partial charge in [0.15, 0.2) is 0 Å². The number of amides is 2. The molecular weight excluding hydrogens is 376 g/mol. The number of hydrogen-bond acceptors (Lipinski definition) is 3. The largest absolute Gasteiger partial charge is 0.384 e. The number of aryl methyl sites for hydroxylation is 1. The highest BCUT2D eigenvalue weighted by molar-refractivity contribution is 5.98. The van der Waals surface area contributed by atoms with Crippen molar-refractivity contribution in [1.29, 1.82) is 5.41 Å². The van der Waals surface area contributed by atoms with Gasteiger partial charge in [0.05, 0.1) is 6.54 Å². The van der Waals surface area contributed by atoms with Gasteiger partial charge in [-0.1, -0.05) is 24.0 Å². The molecule has 0 radical (unpaired) electrons. The number of nitrogens with two attached hydrogens (primary N) is 1. The third-order valence-corrected chi connectivity index (χ3v) is 5.17. The third-order valence-electron chi connectivity index (χ3n) is 5.17. The van der Waals surface area contributed by atoms with Crippen molar-refractivity contribution in [2.24, 2.45) is 5.73 Å². The lowest BCUT2D eigenvalue weighted by Gasteiger charge is -2.19. The van der Waals surface area contributed by atoms with E-state index in [0.717, 1.165) is 37.1 Å². The number of nitrogens with one attached hydrogen (secondary N) is 1. The van der Waals surface area contributed by atoms with Crippen LogP contribution < -0.4 is 10.6 Å². The summed E-state index contributed by atoms with van der Waals surface area (Å²) in [7, 11) is 0. The minimum atomic E-state index is -0.146. The number of rotatable bonds is 4. The Labute approximate surface area is 177 Å². The first kappa shape index (κ1) is 21.1. The Hall–Kier alpha value is -3.59. The molecule has 0 saturated carbocycles. The molecule has 6 nitrogen and oxygen atoms in total. The van der Waals surface area contributed by atoms with Crippen LogP contribution in [0, 0.1) is 24.2 Å². The van der Waals surface area contributed by atoms with Crippen molar-refractivity contribution in [3.8, 4) is 11.8 Å². The zero-order valence-electron chi connectivity index (χ0n) is 17.4. The first-order chi connectivity index (χ1) is 14.4. The molecule has 3 N–H and O–H groups in total. The van der Waals surface area contributed by atoms with Gasteiger partial charge in [-0.25, -0.2) is 0 Å². The standard InChI is InChI=1S/C24H26N4O2/c1-17-15-19(10-11-22(17)24(30)27-12-3-4-13-27)7-6-14-28(18(2)29)21-9-5-8-20(16-21)23(25)26/h5,8-11,15-16H,3-4,12-14H2,1-2H3,(H3,25,26). The Balaban J connectivity index is 1.75. The molecule has 1 fully saturated rings. The molecule has 1 aliphatic heterocycles. The van der Waals surface area contributed by atoms with E-state index in [-0.39, 0.29) is 24.2 Å². The van der Waals surface area contributed by atoms with Crippen LogP contribution >= 0.6 is 0 Å². The van der Waals surface area contributed by atoms with Gasteiger partial charge in [-0.15, -0.1) is 0 Å². The maximum atomic E-state index is 12.6. The number of amidine groups is 1. The number of anilines is 1. The van der Waals surface area contributed by atoms with E-state index in [0.29, 0.717) is 16.8 Å². The highest BCUT2D eigenvalue weighted by atomic mass is 16.2. The van der Waals surface area contributed by atoms with Gasteiger partial charge in [0, 0.05) is 42.4 Å². The molecule has 2 aromatic rings. The molecule has 1 aliphatic rings. The molecule has 2 aromatic carbocycles. The van der Waals surface area contributed by atoms with Crippen molar-refractivity contribution in [3.63, 3.8) is 0 Å². The van der Waals surface area contributed by atoms with Crippen molar-refractivity contribution in [1.82, 2.24) is 4.90 Å². The Kier molecular flexibility index (Phi) is 6.53. The van der Waals surface area contributed by atoms with Crippen LogP contribution in [0.15, 0.2) is 42.5 Å². The fourth-order valence-corrected chi connectivity index (χ4v) is 3.52. The van der Waals surface area contributed by atoms with E-state index in [2.05, 4.69) is 11.8 Å². The van der Waals surface area contributed by atoms with Gasteiger partial charge in [-0.3, -0.25) is 15.0 Å². The average Bonchev–Trinajstić information content (AvgIpc) is 3.25. The molecule has 30 heavy (non-hydrogen) atoms. The van der Waals surface area contributed by atoms with Crippen LogP contribution in [0.5, 0.6) is 0 Å². The van der Waals surface area contributed by atoms with E-state index in [1.54, 1.807) is 24.3 Å². The van der Waals surface area contributed by atoms with Gasteiger partial charge in [0.1, 0.15) is 5.84 Å². The van der Waals surface area contributed by atoms with E-state index in [4.69, 9.17) is 11.1 Å². The molecule has 6 heteroatoms. The van der Waals surface area contributed by atoms with E-state index in [1.807, 2.05) is 30.0 Å². The monoisotopic (exact) mass is 402 g/mol. The van der Waals surface area contributed by atoms with E-state index >= 15 is 0 Å². The molecule has 1 heterocycles. The van der Waals surface area contributed by atoms with Crippen LogP contribution in [0.1, 0.15) is 46.8 Å². The number of carbonyl (C=O) groups is 2. The first-order valence-corrected chi connectivity index (χ1v) is 9.98. The van der Waals surface area contributed by atoms with Crippen molar-refractivity contribution in [2.75, 3.05) is 24.5 Å². The summed E-state index contributed by atoms with van der Waals surface area (Å²) in [6.07, 6.45) is 2.13. The molecule has 0 atom stereocenters. The number of carbonyl (C=O) groups excluding carboxylic acids is 2. The fourth-order valence-electron chi connectivity index (χ4n) is 3.52. The fraction of sp³-hybridized carbons (Fsp3) is 0.292. The molecule has 0 unspecified atom stereocenters. The lowest BCUT2D eigenvalue weighted by atomic mass is 10.0. The Morgan fingerprint density at radius 1 is 1.17 bits per heavy atom. The number of likely N-dealkylation sites (tertiary alicyclic amines) is 1. The Morgan fingerprint density at radius 3 is 2.53 bits per heavy atom. The van der Waals surface area contributed by atoms with E-state index < -0.39 is 0 Å². The number of hydrogen-bond donors (Lipinski definition) is 2. The SMILES string of the molecule is CC(=O)N(CC#Cc1ccc(C(=O)N2CCCC2)c(C)c1)c1cccc(C(=N)N)c1. The maximum Gasteiger partial charge on any atom is 0.254 e. The minimum Gasteiger partial charge on any atom is -0.384 e. The summed E-state index contributed by atoms with van der Waals surface area (Å²) in [5.74, 6) is 6.00. The molecule has 0 bridgehead atoms. The summed E-state index contributed by atoms with van der Waals surface area (Å²) < 4.78 is 0. The average molecular weight is 402 g/mol. The van der Waals surface area contributed by atoms with Gasteiger partial charge >= 0.3 is 0 Å². The summed E-state index contributed by atoms with van der Waals surface area (Å²) in [5.41, 5.74) is 9.16. The topological polar surface area (TPSA) is 90.5 Å². The van der Waals surface area contributed by atoms with Gasteiger partial charge in [-0.05, 0) is 55.7 Å². The smallest absolute Gasteiger partial charge is 0.254 e. The molecule has 154 valence electrons. The van der Waals surface area contributed by atoms with E-state index in [1.165, 1.54) is 11.8 Å². The Morgan fingerprint density at radius 2 is 1.90 bits per heavy atom. The summed E-state index contributed by atoms with van der Waals surface area (Å²) >= 11 is 0. The first-order valence-electron chi connectivity index (χ1n) is 9.98. The molecule has 3 rings (SSSR count). The second-order valence-corrected chi connectivity index (χ2v) is 7.40. The molecule has 0 aromatic heterocycles. The van der Waals surface area contributed by atoms with Gasteiger partial charge in [-0.2, -0.15) is 0 Å². The van der Waals surface area contributed by atoms with Crippen LogP contribution in [0.25, 0.3) is 0 Å². The van der Waals surface area contributed by atoms with Crippen molar-refractivity contribution >= 4 is 23.3 Å². The Bertz CT molecular complexity index is 1040. The van der Waals surface area contributed by atoms with Crippen LogP contribution in [0.2, 0.25) is 0 Å². The predicted molar refractivity (Wildman–Crippen MR) is 119 cm³/mol. The lowest BCUT2D eigenvalue weighted by Crippen LogP contribution is -2.29. The van der Waals surface area contributed by atoms with E-state index in [9.17, 15) is 9.59 Å². The second-order valence-electron chi connectivity index (χ2n) is 7.40. The predicted octanol–water partition coefficient (Wildman–Crippen LogP) is 2.92. The van der Waals surface area contributed by atoms with Crippen molar-refractivity contribution < 1.29 is 9.59 Å². The zero-order valence-corrected chi connectivity index (χ0v) is 17.4. The van der Waals surface area contributed by atoms with Gasteiger partial charge in [0.2, 0.25) is 5.91 Å². The van der Waals surface area contributed by atoms with Crippen molar-refractivity contribution in [2.45, 2.75) is 26.7 Å².